The lowest BCUT2D eigenvalue weighted by Gasteiger charge is -2.12. The van der Waals surface area contributed by atoms with E-state index in [2.05, 4.69) is 0 Å². The van der Waals surface area contributed by atoms with E-state index in [0.717, 1.165) is 5.56 Å². The minimum absolute atomic E-state index is 0.270. The van der Waals surface area contributed by atoms with Crippen LogP contribution in [0.4, 0.5) is 4.39 Å². The quantitative estimate of drug-likeness (QED) is 0.856. The lowest BCUT2D eigenvalue weighted by Crippen LogP contribution is -2.14. The van der Waals surface area contributed by atoms with Gasteiger partial charge in [-0.05, 0) is 32.1 Å². The number of carboxylic acids is 1. The molecule has 0 amide bonds. The Balaban J connectivity index is 2.78. The Morgan fingerprint density at radius 3 is 2.59 bits per heavy atom. The number of hydrogen-bond donors (Lipinski definition) is 1. The molecule has 0 saturated heterocycles. The number of hydrogen-bond acceptors (Lipinski definition) is 2. The zero-order chi connectivity index (χ0) is 13.0. The normalized spacial score (nSPS) is 12.8. The first-order valence-electron chi connectivity index (χ1n) is 5.55. The van der Waals surface area contributed by atoms with Gasteiger partial charge in [-0.3, -0.25) is 4.79 Å². The van der Waals surface area contributed by atoms with Crippen LogP contribution in [0.15, 0.2) is 18.2 Å². The van der Waals surface area contributed by atoms with E-state index in [0.29, 0.717) is 18.5 Å². The fourth-order valence-corrected chi connectivity index (χ4v) is 1.63. The maximum atomic E-state index is 13.7. The summed E-state index contributed by atoms with van der Waals surface area (Å²) in [6.45, 7) is 2.16. The molecule has 1 unspecified atom stereocenters. The molecular formula is C13H18FNO2. The second-order valence-corrected chi connectivity index (χ2v) is 4.61. The molecule has 17 heavy (non-hydrogen) atoms. The summed E-state index contributed by atoms with van der Waals surface area (Å²) in [6.07, 6.45) is 0.356. The van der Waals surface area contributed by atoms with Crippen molar-refractivity contribution in [3.05, 3.63) is 35.1 Å². The third-order valence-corrected chi connectivity index (χ3v) is 2.57. The van der Waals surface area contributed by atoms with E-state index in [9.17, 15) is 9.18 Å². The summed E-state index contributed by atoms with van der Waals surface area (Å²) in [6, 6.07) is 4.94. The molecule has 0 aromatic heterocycles. The molecule has 0 fully saturated rings. The smallest absolute Gasteiger partial charge is 0.306 e. The zero-order valence-electron chi connectivity index (χ0n) is 10.4. The molecular weight excluding hydrogens is 221 g/mol. The first kappa shape index (κ1) is 13.6. The molecule has 0 bridgehead atoms. The van der Waals surface area contributed by atoms with Gasteiger partial charge in [-0.15, -0.1) is 0 Å². The molecule has 1 aromatic carbocycles. The summed E-state index contributed by atoms with van der Waals surface area (Å²) in [5.41, 5.74) is 1.35. The fourth-order valence-electron chi connectivity index (χ4n) is 1.63. The molecule has 1 aromatic rings. The minimum Gasteiger partial charge on any atom is -0.481 e. The number of carbonyl (C=O) groups is 1. The van der Waals surface area contributed by atoms with Crippen molar-refractivity contribution in [3.8, 4) is 0 Å². The van der Waals surface area contributed by atoms with Crippen molar-refractivity contribution in [3.63, 3.8) is 0 Å². The lowest BCUT2D eigenvalue weighted by atomic mass is 10.00. The Bertz CT molecular complexity index is 404. The molecule has 1 N–H and O–H groups in total. The van der Waals surface area contributed by atoms with Gasteiger partial charge in [0.1, 0.15) is 5.82 Å². The minimum atomic E-state index is -0.859. The van der Waals surface area contributed by atoms with E-state index >= 15 is 0 Å². The van der Waals surface area contributed by atoms with Crippen LogP contribution in [0.1, 0.15) is 18.1 Å². The van der Waals surface area contributed by atoms with Crippen molar-refractivity contribution in [2.24, 2.45) is 5.92 Å². The highest BCUT2D eigenvalue weighted by molar-refractivity contribution is 5.69. The van der Waals surface area contributed by atoms with Gasteiger partial charge in [-0.2, -0.15) is 0 Å². The van der Waals surface area contributed by atoms with Crippen molar-refractivity contribution in [1.29, 1.82) is 0 Å². The number of carboxylic acid groups (broad SMARTS) is 1. The monoisotopic (exact) mass is 239 g/mol. The largest absolute Gasteiger partial charge is 0.481 e. The molecule has 0 heterocycles. The molecule has 0 radical (unpaired) electrons. The van der Waals surface area contributed by atoms with Gasteiger partial charge in [0.15, 0.2) is 0 Å². The third kappa shape index (κ3) is 4.15. The van der Waals surface area contributed by atoms with Gasteiger partial charge < -0.3 is 10.0 Å². The van der Waals surface area contributed by atoms with Gasteiger partial charge >= 0.3 is 5.97 Å². The summed E-state index contributed by atoms with van der Waals surface area (Å²) >= 11 is 0. The third-order valence-electron chi connectivity index (χ3n) is 2.57. The van der Waals surface area contributed by atoms with Crippen molar-refractivity contribution < 1.29 is 14.3 Å². The van der Waals surface area contributed by atoms with Crippen molar-refractivity contribution in [2.45, 2.75) is 19.9 Å². The van der Waals surface area contributed by atoms with Crippen LogP contribution in [-0.4, -0.2) is 30.1 Å². The van der Waals surface area contributed by atoms with E-state index < -0.39 is 11.9 Å². The Morgan fingerprint density at radius 1 is 1.47 bits per heavy atom. The van der Waals surface area contributed by atoms with Crippen molar-refractivity contribution in [1.82, 2.24) is 4.90 Å². The summed E-state index contributed by atoms with van der Waals surface area (Å²) in [5.74, 6) is -1.62. The molecule has 0 aliphatic rings. The number of aliphatic carboxylic acids is 1. The van der Waals surface area contributed by atoms with Crippen LogP contribution in [0.3, 0.4) is 0 Å². The molecule has 0 aliphatic heterocycles. The SMILES string of the molecule is CC(Cc1ccc(CN(C)C)c(F)c1)C(=O)O. The first-order chi connectivity index (χ1) is 7.90. The Kier molecular flexibility index (Phi) is 4.63. The Hall–Kier alpha value is -1.42. The van der Waals surface area contributed by atoms with Crippen molar-refractivity contribution >= 4 is 5.97 Å². The van der Waals surface area contributed by atoms with Crippen LogP contribution in [0.2, 0.25) is 0 Å². The maximum Gasteiger partial charge on any atom is 0.306 e. The van der Waals surface area contributed by atoms with Gasteiger partial charge in [-0.1, -0.05) is 19.1 Å². The number of nitrogens with zero attached hydrogens (tertiary/aromatic N) is 1. The molecule has 94 valence electrons. The van der Waals surface area contributed by atoms with E-state index in [4.69, 9.17) is 5.11 Å². The summed E-state index contributed by atoms with van der Waals surface area (Å²) in [7, 11) is 3.75. The van der Waals surface area contributed by atoms with Gasteiger partial charge in [0, 0.05) is 12.1 Å². The van der Waals surface area contributed by atoms with Crippen LogP contribution >= 0.6 is 0 Å². The van der Waals surface area contributed by atoms with Gasteiger partial charge in [0.05, 0.1) is 5.92 Å². The fraction of sp³-hybridized carbons (Fsp3) is 0.462. The highest BCUT2D eigenvalue weighted by atomic mass is 19.1. The Morgan fingerprint density at radius 2 is 2.12 bits per heavy atom. The maximum absolute atomic E-state index is 13.7. The number of rotatable bonds is 5. The molecule has 0 aliphatic carbocycles. The number of benzene rings is 1. The predicted molar refractivity (Wildman–Crippen MR) is 64.3 cm³/mol. The molecule has 3 nitrogen and oxygen atoms in total. The lowest BCUT2D eigenvalue weighted by molar-refractivity contribution is -0.141. The second-order valence-electron chi connectivity index (χ2n) is 4.61. The van der Waals surface area contributed by atoms with E-state index in [1.54, 1.807) is 19.1 Å². The van der Waals surface area contributed by atoms with Crippen LogP contribution in [0.5, 0.6) is 0 Å². The van der Waals surface area contributed by atoms with Gasteiger partial charge in [0.25, 0.3) is 0 Å². The molecule has 1 atom stereocenters. The molecule has 0 saturated carbocycles. The van der Waals surface area contributed by atoms with Crippen LogP contribution in [0.25, 0.3) is 0 Å². The number of halogens is 1. The Labute approximate surface area is 101 Å². The van der Waals surface area contributed by atoms with Gasteiger partial charge in [-0.25, -0.2) is 4.39 Å². The highest BCUT2D eigenvalue weighted by Crippen LogP contribution is 2.15. The molecule has 1 rings (SSSR count). The van der Waals surface area contributed by atoms with Crippen LogP contribution in [-0.2, 0) is 17.8 Å². The van der Waals surface area contributed by atoms with Crippen LogP contribution in [0, 0.1) is 11.7 Å². The highest BCUT2D eigenvalue weighted by Gasteiger charge is 2.13. The van der Waals surface area contributed by atoms with E-state index in [-0.39, 0.29) is 5.82 Å². The standard InChI is InChI=1S/C13H18FNO2/c1-9(13(16)17)6-10-4-5-11(8-15(2)3)12(14)7-10/h4-5,7,9H,6,8H2,1-3H3,(H,16,17). The van der Waals surface area contributed by atoms with Crippen LogP contribution < -0.4 is 0 Å². The summed E-state index contributed by atoms with van der Waals surface area (Å²) in [5, 5.41) is 8.79. The zero-order valence-corrected chi connectivity index (χ0v) is 10.4. The average molecular weight is 239 g/mol. The summed E-state index contributed by atoms with van der Waals surface area (Å²) < 4.78 is 13.7. The molecule has 0 spiro atoms. The van der Waals surface area contributed by atoms with E-state index in [1.807, 2.05) is 19.0 Å². The topological polar surface area (TPSA) is 40.5 Å². The molecule has 4 heteroatoms. The van der Waals surface area contributed by atoms with Crippen molar-refractivity contribution in [2.75, 3.05) is 14.1 Å². The predicted octanol–water partition coefficient (Wildman–Crippen LogP) is 2.15. The van der Waals surface area contributed by atoms with E-state index in [1.165, 1.54) is 6.07 Å². The van der Waals surface area contributed by atoms with Gasteiger partial charge in [0.2, 0.25) is 0 Å². The summed E-state index contributed by atoms with van der Waals surface area (Å²) in [4.78, 5) is 12.6. The first-order valence-corrected chi connectivity index (χ1v) is 5.55. The average Bonchev–Trinajstić information content (AvgIpc) is 2.21. The second kappa shape index (κ2) is 5.77.